The van der Waals surface area contributed by atoms with Crippen molar-refractivity contribution in [3.05, 3.63) is 59.4 Å². The third-order valence-corrected chi connectivity index (χ3v) is 5.22. The van der Waals surface area contributed by atoms with Crippen molar-refractivity contribution < 1.29 is 27.1 Å². The molecule has 2 aromatic carbocycles. The van der Waals surface area contributed by atoms with Crippen LogP contribution >= 0.6 is 0 Å². The lowest BCUT2D eigenvalue weighted by Crippen LogP contribution is -2.35. The van der Waals surface area contributed by atoms with Gasteiger partial charge in [-0.25, -0.2) is 17.6 Å². The first-order valence-corrected chi connectivity index (χ1v) is 10.00. The van der Waals surface area contributed by atoms with Gasteiger partial charge < -0.3 is 10.1 Å². The van der Waals surface area contributed by atoms with E-state index < -0.39 is 33.8 Å². The zero-order valence-corrected chi connectivity index (χ0v) is 16.5. The highest BCUT2D eigenvalue weighted by atomic mass is 32.2. The van der Waals surface area contributed by atoms with Crippen LogP contribution in [0.25, 0.3) is 0 Å². The van der Waals surface area contributed by atoms with E-state index in [0.717, 1.165) is 12.1 Å². The highest BCUT2D eigenvalue weighted by Crippen LogP contribution is 2.20. The van der Waals surface area contributed by atoms with Crippen molar-refractivity contribution in [2.45, 2.75) is 31.8 Å². The van der Waals surface area contributed by atoms with E-state index in [0.29, 0.717) is 12.1 Å². The van der Waals surface area contributed by atoms with Crippen molar-refractivity contribution >= 4 is 27.6 Å². The molecule has 7 nitrogen and oxygen atoms in total. The molecular weight excluding hydrogens is 387 g/mol. The summed E-state index contributed by atoms with van der Waals surface area (Å²) in [5.74, 6) is -1.75. The van der Waals surface area contributed by atoms with Gasteiger partial charge in [0.25, 0.3) is 15.9 Å². The number of carbonyl (C=O) groups is 2. The molecule has 2 N–H and O–H groups in total. The third-order valence-electron chi connectivity index (χ3n) is 3.84. The van der Waals surface area contributed by atoms with Crippen LogP contribution in [0.5, 0.6) is 0 Å². The average Bonchev–Trinajstić information content (AvgIpc) is 2.63. The summed E-state index contributed by atoms with van der Waals surface area (Å²) in [6, 6.07) is 8.79. The molecule has 9 heteroatoms. The third kappa shape index (κ3) is 5.29. The number of rotatable bonds is 7. The fraction of sp³-hybridized carbons (Fsp3) is 0.263. The molecular formula is C19H21FN2O5S. The molecule has 0 aliphatic heterocycles. The number of anilines is 1. The van der Waals surface area contributed by atoms with Crippen LogP contribution in [-0.4, -0.2) is 32.9 Å². The molecule has 0 fully saturated rings. The summed E-state index contributed by atoms with van der Waals surface area (Å²) in [5.41, 5.74) is 0.697. The summed E-state index contributed by atoms with van der Waals surface area (Å²) in [4.78, 5) is 24.0. The fourth-order valence-corrected chi connectivity index (χ4v) is 3.40. The molecule has 0 saturated carbocycles. The second-order valence-corrected chi connectivity index (χ2v) is 7.71. The molecule has 0 aliphatic rings. The minimum atomic E-state index is -4.01. The number of likely N-dealkylation sites (N-methyl/N-ethyl adjacent to an activating group) is 1. The standard InChI is InChI=1S/C19H21FN2O5S/c1-4-21-18(23)13(3)27-19(24)17-11-16(10-5-12(17)2)28(25,26)22-15-8-6-14(20)7-9-15/h5-11,13,22H,4H2,1-3H3,(H,21,23)/t13-/m1/s1. The van der Waals surface area contributed by atoms with E-state index >= 15 is 0 Å². The van der Waals surface area contributed by atoms with E-state index in [4.69, 9.17) is 4.74 Å². The maximum absolute atomic E-state index is 13.0. The molecule has 1 amide bonds. The van der Waals surface area contributed by atoms with Gasteiger partial charge in [-0.2, -0.15) is 0 Å². The predicted molar refractivity (Wildman–Crippen MR) is 102 cm³/mol. The number of carbonyl (C=O) groups excluding carboxylic acids is 2. The van der Waals surface area contributed by atoms with E-state index in [-0.39, 0.29) is 16.1 Å². The number of benzene rings is 2. The van der Waals surface area contributed by atoms with Gasteiger partial charge in [0.15, 0.2) is 6.10 Å². The second-order valence-electron chi connectivity index (χ2n) is 6.03. The van der Waals surface area contributed by atoms with E-state index in [1.807, 2.05) is 0 Å². The number of sulfonamides is 1. The molecule has 0 saturated heterocycles. The predicted octanol–water partition coefficient (Wildman–Crippen LogP) is 2.62. The molecule has 0 unspecified atom stereocenters. The molecule has 0 aromatic heterocycles. The van der Waals surface area contributed by atoms with Gasteiger partial charge in [0.1, 0.15) is 5.82 Å². The SMILES string of the molecule is CCNC(=O)[C@@H](C)OC(=O)c1cc(S(=O)(=O)Nc2ccc(F)cc2)ccc1C. The first-order valence-electron chi connectivity index (χ1n) is 8.51. The minimum Gasteiger partial charge on any atom is -0.449 e. The summed E-state index contributed by atoms with van der Waals surface area (Å²) in [5, 5.41) is 2.53. The van der Waals surface area contributed by atoms with Gasteiger partial charge >= 0.3 is 5.97 Å². The van der Waals surface area contributed by atoms with E-state index in [9.17, 15) is 22.4 Å². The molecule has 0 bridgehead atoms. The Balaban J connectivity index is 2.25. The van der Waals surface area contributed by atoms with Crippen LogP contribution in [0.1, 0.15) is 29.8 Å². The number of ether oxygens (including phenoxy) is 1. The molecule has 28 heavy (non-hydrogen) atoms. The lowest BCUT2D eigenvalue weighted by Gasteiger charge is -2.15. The van der Waals surface area contributed by atoms with Crippen LogP contribution in [0.4, 0.5) is 10.1 Å². The minimum absolute atomic E-state index is 0.0260. The number of esters is 1. The Labute approximate surface area is 163 Å². The number of hydrogen-bond acceptors (Lipinski definition) is 5. The van der Waals surface area contributed by atoms with Gasteiger partial charge in [0, 0.05) is 12.2 Å². The summed E-state index contributed by atoms with van der Waals surface area (Å²) >= 11 is 0. The highest BCUT2D eigenvalue weighted by molar-refractivity contribution is 7.92. The quantitative estimate of drug-likeness (QED) is 0.686. The van der Waals surface area contributed by atoms with Crippen LogP contribution in [0.2, 0.25) is 0 Å². The Morgan fingerprint density at radius 2 is 1.79 bits per heavy atom. The van der Waals surface area contributed by atoms with Crippen molar-refractivity contribution in [1.82, 2.24) is 5.32 Å². The summed E-state index contributed by atoms with van der Waals surface area (Å²) in [6.45, 7) is 5.17. The molecule has 0 aliphatic carbocycles. The lowest BCUT2D eigenvalue weighted by molar-refractivity contribution is -0.128. The summed E-state index contributed by atoms with van der Waals surface area (Å²) in [6.07, 6.45) is -1.02. The number of nitrogens with one attached hydrogen (secondary N) is 2. The Morgan fingerprint density at radius 1 is 1.14 bits per heavy atom. The fourth-order valence-electron chi connectivity index (χ4n) is 2.32. The van der Waals surface area contributed by atoms with Gasteiger partial charge in [-0.15, -0.1) is 0 Å². The number of amides is 1. The maximum atomic E-state index is 13.0. The first-order chi connectivity index (χ1) is 13.1. The van der Waals surface area contributed by atoms with Crippen molar-refractivity contribution in [3.63, 3.8) is 0 Å². The highest BCUT2D eigenvalue weighted by Gasteiger charge is 2.22. The van der Waals surface area contributed by atoms with Crippen LogP contribution < -0.4 is 10.0 Å². The average molecular weight is 408 g/mol. The van der Waals surface area contributed by atoms with Crippen LogP contribution in [-0.2, 0) is 19.6 Å². The largest absolute Gasteiger partial charge is 0.449 e. The Morgan fingerprint density at radius 3 is 2.39 bits per heavy atom. The van der Waals surface area contributed by atoms with Gasteiger partial charge in [-0.05, 0) is 62.7 Å². The Kier molecular flexibility index (Phi) is 6.74. The van der Waals surface area contributed by atoms with Crippen molar-refractivity contribution in [2.75, 3.05) is 11.3 Å². The number of hydrogen-bond donors (Lipinski definition) is 2. The van der Waals surface area contributed by atoms with Crippen molar-refractivity contribution in [1.29, 1.82) is 0 Å². The number of aryl methyl sites for hydroxylation is 1. The maximum Gasteiger partial charge on any atom is 0.339 e. The van der Waals surface area contributed by atoms with E-state index in [2.05, 4.69) is 10.0 Å². The summed E-state index contributed by atoms with van der Waals surface area (Å²) < 4.78 is 45.6. The smallest absolute Gasteiger partial charge is 0.339 e. The van der Waals surface area contributed by atoms with Crippen LogP contribution in [0.15, 0.2) is 47.4 Å². The second kappa shape index (κ2) is 8.83. The van der Waals surface area contributed by atoms with Crippen LogP contribution in [0.3, 0.4) is 0 Å². The van der Waals surface area contributed by atoms with Crippen molar-refractivity contribution in [2.24, 2.45) is 0 Å². The molecule has 2 aromatic rings. The zero-order chi connectivity index (χ0) is 20.9. The Bertz CT molecular complexity index is 974. The molecule has 150 valence electrons. The topological polar surface area (TPSA) is 102 Å². The van der Waals surface area contributed by atoms with Crippen LogP contribution in [0, 0.1) is 12.7 Å². The molecule has 2 rings (SSSR count). The molecule has 0 radical (unpaired) electrons. The molecule has 1 atom stereocenters. The molecule has 0 heterocycles. The van der Waals surface area contributed by atoms with Gasteiger partial charge in [-0.3, -0.25) is 9.52 Å². The zero-order valence-electron chi connectivity index (χ0n) is 15.7. The van der Waals surface area contributed by atoms with Gasteiger partial charge in [-0.1, -0.05) is 6.07 Å². The van der Waals surface area contributed by atoms with Gasteiger partial charge in [0.05, 0.1) is 10.5 Å². The Hall–Kier alpha value is -2.94. The summed E-state index contributed by atoms with van der Waals surface area (Å²) in [7, 11) is -4.01. The van der Waals surface area contributed by atoms with Gasteiger partial charge in [0.2, 0.25) is 0 Å². The lowest BCUT2D eigenvalue weighted by atomic mass is 10.1. The monoisotopic (exact) mass is 408 g/mol. The van der Waals surface area contributed by atoms with E-state index in [1.165, 1.54) is 37.3 Å². The van der Waals surface area contributed by atoms with E-state index in [1.54, 1.807) is 13.8 Å². The first kappa shape index (κ1) is 21.4. The normalized spacial score (nSPS) is 12.1. The molecule has 0 spiro atoms. The number of halogens is 1. The van der Waals surface area contributed by atoms with Crippen molar-refractivity contribution in [3.8, 4) is 0 Å².